The summed E-state index contributed by atoms with van der Waals surface area (Å²) in [7, 11) is 1.81. The third kappa shape index (κ3) is 5.97. The molecule has 0 atom stereocenters. The summed E-state index contributed by atoms with van der Waals surface area (Å²) in [6.45, 7) is 10.7. The fourth-order valence-corrected chi connectivity index (χ4v) is 1.42. The van der Waals surface area contributed by atoms with E-state index in [1.165, 1.54) is 0 Å². The van der Waals surface area contributed by atoms with Gasteiger partial charge in [0.1, 0.15) is 0 Å². The minimum atomic E-state index is 0.204. The number of carbonyl (C=O) groups excluding carboxylic acids is 1. The molecule has 0 aromatic rings. The molecule has 0 spiro atoms. The molecule has 14 heavy (non-hydrogen) atoms. The van der Waals surface area contributed by atoms with E-state index in [9.17, 15) is 4.79 Å². The number of carbonyl (C=O) groups is 1. The second-order valence-corrected chi connectivity index (χ2v) is 4.62. The Hall–Kier alpha value is -0.570. The second-order valence-electron chi connectivity index (χ2n) is 4.62. The Morgan fingerprint density at radius 1 is 1.14 bits per heavy atom. The van der Waals surface area contributed by atoms with E-state index < -0.39 is 0 Å². The van der Waals surface area contributed by atoms with Gasteiger partial charge >= 0.3 is 0 Å². The Kier molecular flexibility index (Phi) is 6.54. The highest BCUT2D eigenvalue weighted by Crippen LogP contribution is 2.03. The molecule has 0 fully saturated rings. The van der Waals surface area contributed by atoms with Gasteiger partial charge in [0.25, 0.3) is 0 Å². The molecule has 0 radical (unpaired) electrons. The third-order valence-corrected chi connectivity index (χ3v) is 1.85. The van der Waals surface area contributed by atoms with Crippen molar-refractivity contribution in [2.75, 3.05) is 26.7 Å². The van der Waals surface area contributed by atoms with Crippen molar-refractivity contribution in [2.45, 2.75) is 27.7 Å². The van der Waals surface area contributed by atoms with Crippen LogP contribution in [0.1, 0.15) is 27.7 Å². The Labute approximate surface area is 87.9 Å². The molecule has 0 aromatic heterocycles. The van der Waals surface area contributed by atoms with Crippen LogP contribution in [-0.2, 0) is 4.79 Å². The van der Waals surface area contributed by atoms with Gasteiger partial charge < -0.3 is 10.2 Å². The van der Waals surface area contributed by atoms with E-state index in [0.29, 0.717) is 18.4 Å². The lowest BCUT2D eigenvalue weighted by Gasteiger charge is -2.26. The molecule has 0 saturated carbocycles. The fraction of sp³-hybridized carbons (Fsp3) is 0.909. The van der Waals surface area contributed by atoms with Crippen molar-refractivity contribution in [3.05, 3.63) is 0 Å². The number of nitrogens with one attached hydrogen (secondary N) is 1. The first kappa shape index (κ1) is 13.4. The van der Waals surface area contributed by atoms with Gasteiger partial charge in [-0.05, 0) is 18.9 Å². The molecule has 0 saturated heterocycles. The highest BCUT2D eigenvalue weighted by molar-refractivity contribution is 5.78. The summed E-state index contributed by atoms with van der Waals surface area (Å²) in [4.78, 5) is 13.6. The molecule has 3 nitrogen and oxygen atoms in total. The maximum Gasteiger partial charge on any atom is 0.236 e. The van der Waals surface area contributed by atoms with Crippen molar-refractivity contribution in [1.29, 1.82) is 0 Å². The van der Waals surface area contributed by atoms with Crippen LogP contribution in [-0.4, -0.2) is 37.5 Å². The standard InChI is InChI=1S/C11H24N2O/c1-9(2)7-13(8-10(3)4)11(14)6-12-5/h9-10,12H,6-8H2,1-5H3. The number of likely N-dealkylation sites (N-methyl/N-ethyl adjacent to an activating group) is 1. The first-order valence-corrected chi connectivity index (χ1v) is 5.39. The Balaban J connectivity index is 4.15. The Morgan fingerprint density at radius 3 is 1.86 bits per heavy atom. The zero-order valence-electron chi connectivity index (χ0n) is 10.1. The third-order valence-electron chi connectivity index (χ3n) is 1.85. The minimum absolute atomic E-state index is 0.204. The maximum absolute atomic E-state index is 11.7. The number of nitrogens with zero attached hydrogens (tertiary/aromatic N) is 1. The van der Waals surface area contributed by atoms with E-state index in [4.69, 9.17) is 0 Å². The van der Waals surface area contributed by atoms with Crippen molar-refractivity contribution in [2.24, 2.45) is 11.8 Å². The Morgan fingerprint density at radius 2 is 1.57 bits per heavy atom. The molecule has 1 N–H and O–H groups in total. The molecule has 0 rings (SSSR count). The van der Waals surface area contributed by atoms with Crippen LogP contribution in [0.5, 0.6) is 0 Å². The van der Waals surface area contributed by atoms with Gasteiger partial charge in [0.2, 0.25) is 5.91 Å². The summed E-state index contributed by atoms with van der Waals surface area (Å²) in [5.41, 5.74) is 0. The second kappa shape index (κ2) is 6.82. The summed E-state index contributed by atoms with van der Waals surface area (Å²) in [6.07, 6.45) is 0. The maximum atomic E-state index is 11.7. The lowest BCUT2D eigenvalue weighted by atomic mass is 10.1. The highest BCUT2D eigenvalue weighted by Gasteiger charge is 2.14. The topological polar surface area (TPSA) is 32.3 Å². The summed E-state index contributed by atoms with van der Waals surface area (Å²) >= 11 is 0. The predicted molar refractivity (Wildman–Crippen MR) is 60.2 cm³/mol. The van der Waals surface area contributed by atoms with Crippen LogP contribution in [0.2, 0.25) is 0 Å². The van der Waals surface area contributed by atoms with Gasteiger partial charge in [0.05, 0.1) is 6.54 Å². The van der Waals surface area contributed by atoms with Gasteiger partial charge in [-0.2, -0.15) is 0 Å². The first-order valence-electron chi connectivity index (χ1n) is 5.39. The molecule has 0 aliphatic heterocycles. The molecule has 3 heteroatoms. The Bertz CT molecular complexity index is 157. The summed E-state index contributed by atoms with van der Waals surface area (Å²) in [6, 6.07) is 0. The molecule has 0 aliphatic rings. The summed E-state index contributed by atoms with van der Waals surface area (Å²) < 4.78 is 0. The van der Waals surface area contributed by atoms with E-state index in [-0.39, 0.29) is 5.91 Å². The van der Waals surface area contributed by atoms with Crippen LogP contribution >= 0.6 is 0 Å². The summed E-state index contributed by atoms with van der Waals surface area (Å²) in [5.74, 6) is 1.28. The van der Waals surface area contributed by atoms with Crippen molar-refractivity contribution >= 4 is 5.91 Å². The first-order chi connectivity index (χ1) is 6.47. The van der Waals surface area contributed by atoms with Crippen LogP contribution in [0.3, 0.4) is 0 Å². The lowest BCUT2D eigenvalue weighted by Crippen LogP contribution is -2.41. The van der Waals surface area contributed by atoms with Crippen LogP contribution in [0, 0.1) is 11.8 Å². The molecule has 84 valence electrons. The van der Waals surface area contributed by atoms with Gasteiger partial charge in [0, 0.05) is 13.1 Å². The van der Waals surface area contributed by atoms with Crippen LogP contribution in [0.25, 0.3) is 0 Å². The van der Waals surface area contributed by atoms with E-state index in [1.807, 2.05) is 4.90 Å². The average Bonchev–Trinajstić information content (AvgIpc) is 2.01. The number of rotatable bonds is 6. The smallest absolute Gasteiger partial charge is 0.236 e. The van der Waals surface area contributed by atoms with E-state index in [2.05, 4.69) is 33.0 Å². The molecular weight excluding hydrogens is 176 g/mol. The van der Waals surface area contributed by atoms with Crippen molar-refractivity contribution in [3.8, 4) is 0 Å². The van der Waals surface area contributed by atoms with Gasteiger partial charge in [-0.15, -0.1) is 0 Å². The van der Waals surface area contributed by atoms with E-state index in [1.54, 1.807) is 7.05 Å². The van der Waals surface area contributed by atoms with E-state index in [0.717, 1.165) is 13.1 Å². The van der Waals surface area contributed by atoms with Gasteiger partial charge in [0.15, 0.2) is 0 Å². The fourth-order valence-electron chi connectivity index (χ4n) is 1.42. The molecule has 0 aromatic carbocycles. The molecule has 1 amide bonds. The minimum Gasteiger partial charge on any atom is -0.341 e. The number of hydrogen-bond acceptors (Lipinski definition) is 2. The van der Waals surface area contributed by atoms with Crippen molar-refractivity contribution in [1.82, 2.24) is 10.2 Å². The van der Waals surface area contributed by atoms with Gasteiger partial charge in [-0.1, -0.05) is 27.7 Å². The monoisotopic (exact) mass is 200 g/mol. The van der Waals surface area contributed by atoms with Gasteiger partial charge in [-0.3, -0.25) is 4.79 Å². The molecule has 0 bridgehead atoms. The van der Waals surface area contributed by atoms with Crippen LogP contribution < -0.4 is 5.32 Å². The molecule has 0 heterocycles. The molecule has 0 unspecified atom stereocenters. The van der Waals surface area contributed by atoms with E-state index >= 15 is 0 Å². The largest absolute Gasteiger partial charge is 0.341 e. The summed E-state index contributed by atoms with van der Waals surface area (Å²) in [5, 5.41) is 2.90. The number of amides is 1. The van der Waals surface area contributed by atoms with Gasteiger partial charge in [-0.25, -0.2) is 0 Å². The molecule has 0 aliphatic carbocycles. The SMILES string of the molecule is CNCC(=O)N(CC(C)C)CC(C)C. The van der Waals surface area contributed by atoms with Crippen molar-refractivity contribution in [3.63, 3.8) is 0 Å². The number of hydrogen-bond donors (Lipinski definition) is 1. The van der Waals surface area contributed by atoms with Crippen LogP contribution in [0.4, 0.5) is 0 Å². The van der Waals surface area contributed by atoms with Crippen LogP contribution in [0.15, 0.2) is 0 Å². The highest BCUT2D eigenvalue weighted by atomic mass is 16.2. The quantitative estimate of drug-likeness (QED) is 0.702. The average molecular weight is 200 g/mol. The van der Waals surface area contributed by atoms with Crippen molar-refractivity contribution < 1.29 is 4.79 Å². The predicted octanol–water partition coefficient (Wildman–Crippen LogP) is 1.35. The zero-order chi connectivity index (χ0) is 11.1. The normalized spacial score (nSPS) is 11.1. The zero-order valence-corrected chi connectivity index (χ0v) is 10.1. The lowest BCUT2D eigenvalue weighted by molar-refractivity contribution is -0.131. The molecular formula is C11H24N2O.